The number of aliphatic hydroxyl groups is 1. The minimum absolute atomic E-state index is 0.547. The van der Waals surface area contributed by atoms with Crippen LogP contribution < -0.4 is 9.64 Å². The van der Waals surface area contributed by atoms with E-state index in [2.05, 4.69) is 0 Å². The Morgan fingerprint density at radius 1 is 1.29 bits per heavy atom. The molecule has 0 radical (unpaired) electrons. The first-order chi connectivity index (χ1) is 11.5. The highest BCUT2D eigenvalue weighted by Crippen LogP contribution is 2.41. The topological polar surface area (TPSA) is 70.0 Å². The maximum atomic E-state index is 11.1. The fourth-order valence-corrected chi connectivity index (χ4v) is 3.06. The average Bonchev–Trinajstić information content (AvgIpc) is 2.92. The molecular weight excluding hydrogens is 306 g/mol. The van der Waals surface area contributed by atoms with Gasteiger partial charge in [0.15, 0.2) is 6.23 Å². The second-order valence-electron chi connectivity index (χ2n) is 5.91. The van der Waals surface area contributed by atoms with Crippen molar-refractivity contribution in [2.45, 2.75) is 32.5 Å². The van der Waals surface area contributed by atoms with Gasteiger partial charge in [-0.15, -0.1) is 0 Å². The predicted octanol–water partition coefficient (Wildman–Crippen LogP) is 3.28. The monoisotopic (exact) mass is 327 g/mol. The third kappa shape index (κ3) is 2.83. The SMILES string of the molecule is CCOc1cccc2c1C(O)N(c1ccc(C(C)C(=O)O)cc1)C2. The van der Waals surface area contributed by atoms with Gasteiger partial charge in [0, 0.05) is 17.8 Å². The Hall–Kier alpha value is -2.53. The number of ether oxygens (including phenoxy) is 1. The van der Waals surface area contributed by atoms with Crippen LogP contribution in [0.1, 0.15) is 42.7 Å². The van der Waals surface area contributed by atoms with Crippen LogP contribution in [-0.2, 0) is 11.3 Å². The van der Waals surface area contributed by atoms with E-state index in [4.69, 9.17) is 9.84 Å². The van der Waals surface area contributed by atoms with Crippen molar-refractivity contribution in [1.82, 2.24) is 0 Å². The molecule has 2 aromatic rings. The molecule has 0 fully saturated rings. The van der Waals surface area contributed by atoms with Gasteiger partial charge in [-0.2, -0.15) is 0 Å². The highest BCUT2D eigenvalue weighted by molar-refractivity contribution is 5.75. The normalized spacial score (nSPS) is 17.5. The number of carboxylic acids is 1. The van der Waals surface area contributed by atoms with Crippen LogP contribution in [0.5, 0.6) is 5.75 Å². The Kier molecular flexibility index (Phi) is 4.44. The Morgan fingerprint density at radius 2 is 2.00 bits per heavy atom. The third-order valence-electron chi connectivity index (χ3n) is 4.45. The number of fused-ring (bicyclic) bond motifs is 1. The molecule has 0 saturated carbocycles. The summed E-state index contributed by atoms with van der Waals surface area (Å²) in [5, 5.41) is 19.8. The Labute approximate surface area is 141 Å². The zero-order valence-electron chi connectivity index (χ0n) is 13.8. The fourth-order valence-electron chi connectivity index (χ4n) is 3.06. The van der Waals surface area contributed by atoms with Crippen molar-refractivity contribution in [2.24, 2.45) is 0 Å². The Bertz CT molecular complexity index is 742. The number of carbonyl (C=O) groups is 1. The van der Waals surface area contributed by atoms with Crippen molar-refractivity contribution in [3.8, 4) is 5.75 Å². The number of anilines is 1. The van der Waals surface area contributed by atoms with Crippen LogP contribution in [0.4, 0.5) is 5.69 Å². The van der Waals surface area contributed by atoms with Crippen molar-refractivity contribution in [3.05, 3.63) is 59.2 Å². The van der Waals surface area contributed by atoms with Crippen LogP contribution in [0.15, 0.2) is 42.5 Å². The van der Waals surface area contributed by atoms with E-state index in [1.165, 1.54) is 0 Å². The summed E-state index contributed by atoms with van der Waals surface area (Å²) in [6, 6.07) is 13.1. The van der Waals surface area contributed by atoms with Gasteiger partial charge in [-0.1, -0.05) is 24.3 Å². The maximum absolute atomic E-state index is 11.1. The van der Waals surface area contributed by atoms with Crippen molar-refractivity contribution in [2.75, 3.05) is 11.5 Å². The number of carboxylic acid groups (broad SMARTS) is 1. The number of hydrogen-bond donors (Lipinski definition) is 2. The van der Waals surface area contributed by atoms with E-state index in [1.807, 2.05) is 42.2 Å². The quantitative estimate of drug-likeness (QED) is 0.882. The van der Waals surface area contributed by atoms with Gasteiger partial charge >= 0.3 is 5.97 Å². The summed E-state index contributed by atoms with van der Waals surface area (Å²) in [7, 11) is 0. The van der Waals surface area contributed by atoms with E-state index in [1.54, 1.807) is 19.1 Å². The first-order valence-electron chi connectivity index (χ1n) is 8.05. The number of benzene rings is 2. The van der Waals surface area contributed by atoms with Crippen LogP contribution in [-0.4, -0.2) is 22.8 Å². The maximum Gasteiger partial charge on any atom is 0.310 e. The van der Waals surface area contributed by atoms with E-state index >= 15 is 0 Å². The molecule has 5 nitrogen and oxygen atoms in total. The van der Waals surface area contributed by atoms with Gasteiger partial charge in [0.2, 0.25) is 0 Å². The van der Waals surface area contributed by atoms with Crippen LogP contribution in [0.25, 0.3) is 0 Å². The highest BCUT2D eigenvalue weighted by Gasteiger charge is 2.31. The molecule has 0 bridgehead atoms. The summed E-state index contributed by atoms with van der Waals surface area (Å²) in [4.78, 5) is 13.0. The largest absolute Gasteiger partial charge is 0.493 e. The van der Waals surface area contributed by atoms with Crippen LogP contribution >= 0.6 is 0 Å². The molecule has 1 heterocycles. The molecule has 2 N–H and O–H groups in total. The van der Waals surface area contributed by atoms with E-state index in [0.717, 1.165) is 22.4 Å². The van der Waals surface area contributed by atoms with Crippen molar-refractivity contribution < 1.29 is 19.7 Å². The third-order valence-corrected chi connectivity index (χ3v) is 4.45. The van der Waals surface area contributed by atoms with Crippen LogP contribution in [0, 0.1) is 0 Å². The van der Waals surface area contributed by atoms with Crippen molar-refractivity contribution >= 4 is 11.7 Å². The molecular formula is C19H21NO4. The second kappa shape index (κ2) is 6.53. The molecule has 0 spiro atoms. The molecule has 1 aliphatic rings. The lowest BCUT2D eigenvalue weighted by molar-refractivity contribution is -0.138. The van der Waals surface area contributed by atoms with Crippen LogP contribution in [0.3, 0.4) is 0 Å². The number of aliphatic hydroxyl groups excluding tert-OH is 1. The van der Waals surface area contributed by atoms with Crippen molar-refractivity contribution in [3.63, 3.8) is 0 Å². The van der Waals surface area contributed by atoms with Gasteiger partial charge in [0.25, 0.3) is 0 Å². The van der Waals surface area contributed by atoms with Gasteiger partial charge in [-0.3, -0.25) is 4.79 Å². The Morgan fingerprint density at radius 3 is 2.62 bits per heavy atom. The lowest BCUT2D eigenvalue weighted by atomic mass is 10.0. The van der Waals surface area contributed by atoms with Gasteiger partial charge in [-0.05, 0) is 43.2 Å². The molecule has 0 aliphatic carbocycles. The van der Waals surface area contributed by atoms with E-state index in [0.29, 0.717) is 18.9 Å². The van der Waals surface area contributed by atoms with E-state index < -0.39 is 18.1 Å². The summed E-state index contributed by atoms with van der Waals surface area (Å²) in [5.41, 5.74) is 3.44. The molecule has 2 atom stereocenters. The minimum atomic E-state index is -0.849. The Balaban J connectivity index is 1.87. The summed E-state index contributed by atoms with van der Waals surface area (Å²) in [6.45, 7) is 4.71. The molecule has 0 amide bonds. The minimum Gasteiger partial charge on any atom is -0.493 e. The number of aliphatic carboxylic acids is 1. The molecule has 126 valence electrons. The van der Waals surface area contributed by atoms with E-state index in [9.17, 15) is 9.90 Å². The van der Waals surface area contributed by atoms with E-state index in [-0.39, 0.29) is 0 Å². The number of rotatable bonds is 5. The molecule has 5 heteroatoms. The molecule has 24 heavy (non-hydrogen) atoms. The van der Waals surface area contributed by atoms with Gasteiger partial charge in [0.1, 0.15) is 5.75 Å². The fraction of sp³-hybridized carbons (Fsp3) is 0.316. The highest BCUT2D eigenvalue weighted by atomic mass is 16.5. The molecule has 3 rings (SSSR count). The molecule has 2 aromatic carbocycles. The molecule has 0 aromatic heterocycles. The van der Waals surface area contributed by atoms with Crippen molar-refractivity contribution in [1.29, 1.82) is 0 Å². The molecule has 2 unspecified atom stereocenters. The molecule has 1 aliphatic heterocycles. The lowest BCUT2D eigenvalue weighted by Crippen LogP contribution is -2.21. The molecule has 0 saturated heterocycles. The number of nitrogens with zero attached hydrogens (tertiary/aromatic N) is 1. The van der Waals surface area contributed by atoms with Crippen LogP contribution in [0.2, 0.25) is 0 Å². The standard InChI is InChI=1S/C19H21NO4/c1-3-24-16-6-4-5-14-11-20(18(21)17(14)16)15-9-7-13(8-10-15)12(2)19(22)23/h4-10,12,18,21H,3,11H2,1-2H3,(H,22,23). The summed E-state index contributed by atoms with van der Waals surface area (Å²) >= 11 is 0. The zero-order chi connectivity index (χ0) is 17.3. The van der Waals surface area contributed by atoms with Gasteiger partial charge in [-0.25, -0.2) is 0 Å². The summed E-state index contributed by atoms with van der Waals surface area (Å²) < 4.78 is 5.63. The van der Waals surface area contributed by atoms with Gasteiger partial charge in [0.05, 0.1) is 12.5 Å². The first-order valence-corrected chi connectivity index (χ1v) is 8.05. The second-order valence-corrected chi connectivity index (χ2v) is 5.91. The average molecular weight is 327 g/mol. The smallest absolute Gasteiger partial charge is 0.310 e. The number of hydrogen-bond acceptors (Lipinski definition) is 4. The zero-order valence-corrected chi connectivity index (χ0v) is 13.8. The van der Waals surface area contributed by atoms with Gasteiger partial charge < -0.3 is 19.8 Å². The summed E-state index contributed by atoms with van der Waals surface area (Å²) in [5.74, 6) is -0.692. The summed E-state index contributed by atoms with van der Waals surface area (Å²) in [6.07, 6.45) is -0.773. The first kappa shape index (κ1) is 16.3. The predicted molar refractivity (Wildman–Crippen MR) is 91.2 cm³/mol. The lowest BCUT2D eigenvalue weighted by Gasteiger charge is -2.24.